The third kappa shape index (κ3) is 4.24. The lowest BCUT2D eigenvalue weighted by atomic mass is 9.92. The summed E-state index contributed by atoms with van der Waals surface area (Å²) in [6.45, 7) is 0.0772. The number of hydrogen-bond donors (Lipinski definition) is 1. The molecule has 0 aliphatic carbocycles. The first kappa shape index (κ1) is 18.2. The van der Waals surface area contributed by atoms with Gasteiger partial charge in [-0.1, -0.05) is 28.1 Å². The van der Waals surface area contributed by atoms with Gasteiger partial charge in [-0.3, -0.25) is 9.59 Å². The first-order chi connectivity index (χ1) is 11.5. The highest BCUT2D eigenvalue weighted by molar-refractivity contribution is 9.10. The van der Waals surface area contributed by atoms with E-state index in [4.69, 9.17) is 13.9 Å². The Kier molecular flexibility index (Phi) is 6.16. The number of benzene rings is 1. The van der Waals surface area contributed by atoms with Gasteiger partial charge in [-0.15, -0.1) is 0 Å². The molecule has 6 nitrogen and oxygen atoms in total. The maximum Gasteiger partial charge on any atom is 0.306 e. The van der Waals surface area contributed by atoms with Gasteiger partial charge in [-0.05, 0) is 17.7 Å². The van der Waals surface area contributed by atoms with Crippen LogP contribution in [0.4, 0.5) is 0 Å². The highest BCUT2D eigenvalue weighted by atomic mass is 79.9. The minimum Gasteiger partial charge on any atom is -0.502 e. The minimum absolute atomic E-state index is 0.0160. The second kappa shape index (κ2) is 8.12. The molecule has 0 amide bonds. The molecule has 1 N–H and O–H groups in total. The minimum atomic E-state index is -0.657. The molecule has 0 radical (unpaired) electrons. The van der Waals surface area contributed by atoms with Crippen molar-refractivity contribution < 1.29 is 23.8 Å². The Labute approximate surface area is 147 Å². The lowest BCUT2D eigenvalue weighted by Gasteiger charge is -2.17. The summed E-state index contributed by atoms with van der Waals surface area (Å²) >= 11 is 3.34. The molecule has 0 saturated heterocycles. The van der Waals surface area contributed by atoms with Gasteiger partial charge in [0.25, 0.3) is 0 Å². The highest BCUT2D eigenvalue weighted by Gasteiger charge is 2.26. The molecule has 0 aliphatic rings. The van der Waals surface area contributed by atoms with E-state index >= 15 is 0 Å². The topological polar surface area (TPSA) is 86.0 Å². The van der Waals surface area contributed by atoms with E-state index in [0.717, 1.165) is 4.47 Å². The zero-order valence-electron chi connectivity index (χ0n) is 13.2. The predicted molar refractivity (Wildman–Crippen MR) is 90.0 cm³/mol. The number of methoxy groups -OCH3 is 2. The Morgan fingerprint density at radius 3 is 2.54 bits per heavy atom. The molecule has 0 bridgehead atoms. The molecule has 1 aromatic heterocycles. The van der Waals surface area contributed by atoms with Crippen molar-refractivity contribution in [1.82, 2.24) is 0 Å². The molecule has 128 valence electrons. The fourth-order valence-electron chi connectivity index (χ4n) is 2.31. The lowest BCUT2D eigenvalue weighted by molar-refractivity contribution is -0.140. The number of rotatable bonds is 6. The van der Waals surface area contributed by atoms with Gasteiger partial charge in [-0.2, -0.15) is 0 Å². The molecule has 24 heavy (non-hydrogen) atoms. The van der Waals surface area contributed by atoms with E-state index in [0.29, 0.717) is 5.56 Å². The van der Waals surface area contributed by atoms with Crippen molar-refractivity contribution in [1.29, 1.82) is 0 Å². The number of aromatic hydroxyl groups is 1. The van der Waals surface area contributed by atoms with Gasteiger partial charge in [0.1, 0.15) is 12.4 Å². The molecule has 2 rings (SSSR count). The number of hydrogen-bond acceptors (Lipinski definition) is 6. The van der Waals surface area contributed by atoms with Gasteiger partial charge < -0.3 is 19.0 Å². The molecule has 1 aromatic carbocycles. The van der Waals surface area contributed by atoms with Crippen LogP contribution >= 0.6 is 15.9 Å². The van der Waals surface area contributed by atoms with Crippen LogP contribution in [0, 0.1) is 0 Å². The van der Waals surface area contributed by atoms with E-state index in [2.05, 4.69) is 15.9 Å². The lowest BCUT2D eigenvalue weighted by Crippen LogP contribution is -2.14. The third-order valence-electron chi connectivity index (χ3n) is 3.47. The quantitative estimate of drug-likeness (QED) is 0.755. The largest absolute Gasteiger partial charge is 0.502 e. The maximum atomic E-state index is 12.0. The number of carbonyl (C=O) groups excluding carboxylic acids is 1. The molecule has 0 saturated carbocycles. The van der Waals surface area contributed by atoms with Gasteiger partial charge >= 0.3 is 5.97 Å². The van der Waals surface area contributed by atoms with Gasteiger partial charge in [0.05, 0.1) is 19.4 Å². The van der Waals surface area contributed by atoms with E-state index in [-0.39, 0.29) is 24.5 Å². The second-order valence-corrected chi connectivity index (χ2v) is 6.02. The summed E-state index contributed by atoms with van der Waals surface area (Å²) in [6.07, 6.45) is -0.0783. The van der Waals surface area contributed by atoms with Gasteiger partial charge in [0.2, 0.25) is 11.2 Å². The Balaban J connectivity index is 2.56. The Bertz CT molecular complexity index is 766. The highest BCUT2D eigenvalue weighted by Crippen LogP contribution is 2.34. The van der Waals surface area contributed by atoms with Crippen LogP contribution < -0.4 is 5.43 Å². The van der Waals surface area contributed by atoms with Gasteiger partial charge in [-0.25, -0.2) is 0 Å². The molecule has 0 spiro atoms. The third-order valence-corrected chi connectivity index (χ3v) is 4.00. The molecule has 1 atom stereocenters. The molecular formula is C17H17BrO6. The van der Waals surface area contributed by atoms with E-state index < -0.39 is 23.1 Å². The zero-order chi connectivity index (χ0) is 17.7. The van der Waals surface area contributed by atoms with Crippen molar-refractivity contribution in [2.45, 2.75) is 18.9 Å². The summed E-state index contributed by atoms with van der Waals surface area (Å²) in [5, 5.41) is 10.2. The van der Waals surface area contributed by atoms with Gasteiger partial charge in [0, 0.05) is 17.6 Å². The van der Waals surface area contributed by atoms with Crippen molar-refractivity contribution in [2.75, 3.05) is 14.2 Å². The molecular weight excluding hydrogens is 380 g/mol. The predicted octanol–water partition coefficient (Wildman–Crippen LogP) is 2.95. The Hall–Kier alpha value is -2.12. The van der Waals surface area contributed by atoms with Crippen LogP contribution in [0.15, 0.2) is 44.0 Å². The smallest absolute Gasteiger partial charge is 0.306 e. The summed E-state index contributed by atoms with van der Waals surface area (Å²) in [7, 11) is 2.74. The summed E-state index contributed by atoms with van der Waals surface area (Å²) in [5.41, 5.74) is 0.117. The number of ether oxygens (including phenoxy) is 2. The normalized spacial score (nSPS) is 12.0. The Morgan fingerprint density at radius 1 is 1.29 bits per heavy atom. The van der Waals surface area contributed by atoms with Crippen LogP contribution in [-0.4, -0.2) is 25.3 Å². The molecule has 0 unspecified atom stereocenters. The SMILES string of the molecule is COCc1cc(=O)c(O)c([C@@H](CC(=O)OC)c2ccc(Br)cc2)o1. The summed E-state index contributed by atoms with van der Waals surface area (Å²) in [6, 6.07) is 8.32. The molecule has 0 aliphatic heterocycles. The van der Waals surface area contributed by atoms with Crippen molar-refractivity contribution in [2.24, 2.45) is 0 Å². The van der Waals surface area contributed by atoms with Crippen LogP contribution in [0.25, 0.3) is 0 Å². The molecule has 0 fully saturated rings. The average Bonchev–Trinajstić information content (AvgIpc) is 2.57. The monoisotopic (exact) mass is 396 g/mol. The fourth-order valence-corrected chi connectivity index (χ4v) is 2.58. The van der Waals surface area contributed by atoms with Crippen LogP contribution in [-0.2, 0) is 20.9 Å². The first-order valence-corrected chi connectivity index (χ1v) is 7.92. The van der Waals surface area contributed by atoms with Crippen molar-refractivity contribution in [3.05, 3.63) is 62.1 Å². The van der Waals surface area contributed by atoms with Gasteiger partial charge in [0.15, 0.2) is 5.76 Å². The number of halogens is 1. The standard InChI is InChI=1S/C17H17BrO6/c1-22-9-12-7-14(19)16(21)17(24-12)13(8-15(20)23-2)10-3-5-11(18)6-4-10/h3-7,13,21H,8-9H2,1-2H3/t13-/m0/s1. The summed E-state index contributed by atoms with van der Waals surface area (Å²) in [5.74, 6) is -1.38. The maximum absolute atomic E-state index is 12.0. The molecule has 7 heteroatoms. The van der Waals surface area contributed by atoms with E-state index in [1.165, 1.54) is 20.3 Å². The first-order valence-electron chi connectivity index (χ1n) is 7.13. The summed E-state index contributed by atoms with van der Waals surface area (Å²) in [4.78, 5) is 23.8. The van der Waals surface area contributed by atoms with Crippen LogP contribution in [0.1, 0.15) is 29.4 Å². The number of carbonyl (C=O) groups is 1. The van der Waals surface area contributed by atoms with Crippen LogP contribution in [0.2, 0.25) is 0 Å². The Morgan fingerprint density at radius 2 is 1.96 bits per heavy atom. The van der Waals surface area contributed by atoms with E-state index in [9.17, 15) is 14.7 Å². The number of esters is 1. The molecule has 1 heterocycles. The van der Waals surface area contributed by atoms with Crippen molar-refractivity contribution >= 4 is 21.9 Å². The van der Waals surface area contributed by atoms with E-state index in [1.54, 1.807) is 24.3 Å². The molecule has 2 aromatic rings. The summed E-state index contributed by atoms with van der Waals surface area (Å²) < 4.78 is 16.2. The van der Waals surface area contributed by atoms with Crippen LogP contribution in [0.3, 0.4) is 0 Å². The van der Waals surface area contributed by atoms with Crippen LogP contribution in [0.5, 0.6) is 5.75 Å². The fraction of sp³-hybridized carbons (Fsp3) is 0.294. The average molecular weight is 397 g/mol. The second-order valence-electron chi connectivity index (χ2n) is 5.11. The van der Waals surface area contributed by atoms with Crippen molar-refractivity contribution in [3.63, 3.8) is 0 Å². The van der Waals surface area contributed by atoms with Crippen molar-refractivity contribution in [3.8, 4) is 5.75 Å². The van der Waals surface area contributed by atoms with E-state index in [1.807, 2.05) is 0 Å². The zero-order valence-corrected chi connectivity index (χ0v) is 14.8.